The van der Waals surface area contributed by atoms with Crippen LogP contribution in [-0.4, -0.2) is 11.1 Å². The van der Waals surface area contributed by atoms with Gasteiger partial charge in [0.05, 0.1) is 0 Å². The van der Waals surface area contributed by atoms with Crippen molar-refractivity contribution in [3.05, 3.63) is 41.1 Å². The Kier molecular flexibility index (Phi) is 3.54. The van der Waals surface area contributed by atoms with Gasteiger partial charge < -0.3 is 10.4 Å². The van der Waals surface area contributed by atoms with Gasteiger partial charge in [-0.1, -0.05) is 17.7 Å². The predicted octanol–water partition coefficient (Wildman–Crippen LogP) is 2.66. The third kappa shape index (κ3) is 2.78. The Balaban J connectivity index is 2.77. The molecular weight excluding hydrogens is 202 g/mol. The SMILES string of the molecule is Cc1c(Cl)cccc1N/C=C/C(=O)O. The average Bonchev–Trinajstić information content (AvgIpc) is 2.12. The van der Waals surface area contributed by atoms with Crippen LogP contribution in [0.1, 0.15) is 5.56 Å². The number of hydrogen-bond acceptors (Lipinski definition) is 2. The van der Waals surface area contributed by atoms with Crippen LogP contribution in [0, 0.1) is 6.92 Å². The van der Waals surface area contributed by atoms with Gasteiger partial charge in [-0.3, -0.25) is 0 Å². The van der Waals surface area contributed by atoms with E-state index >= 15 is 0 Å². The van der Waals surface area contributed by atoms with E-state index in [4.69, 9.17) is 16.7 Å². The van der Waals surface area contributed by atoms with Gasteiger partial charge in [0.15, 0.2) is 0 Å². The van der Waals surface area contributed by atoms with Gasteiger partial charge in [0.2, 0.25) is 0 Å². The first-order valence-electron chi connectivity index (χ1n) is 4.02. The van der Waals surface area contributed by atoms with Crippen molar-refractivity contribution in [3.8, 4) is 0 Å². The molecule has 3 nitrogen and oxygen atoms in total. The summed E-state index contributed by atoms with van der Waals surface area (Å²) in [6, 6.07) is 5.41. The van der Waals surface area contributed by atoms with Crippen molar-refractivity contribution in [2.45, 2.75) is 6.92 Å². The van der Waals surface area contributed by atoms with Crippen LogP contribution in [0.4, 0.5) is 5.69 Å². The second-order valence-corrected chi connectivity index (χ2v) is 3.14. The first-order chi connectivity index (χ1) is 6.61. The molecule has 0 heterocycles. The van der Waals surface area contributed by atoms with Crippen LogP contribution in [0.15, 0.2) is 30.5 Å². The fourth-order valence-electron chi connectivity index (χ4n) is 0.967. The van der Waals surface area contributed by atoms with Gasteiger partial charge in [0, 0.05) is 23.0 Å². The molecule has 0 radical (unpaired) electrons. The van der Waals surface area contributed by atoms with E-state index in [2.05, 4.69) is 5.32 Å². The fourth-order valence-corrected chi connectivity index (χ4v) is 1.14. The summed E-state index contributed by atoms with van der Waals surface area (Å²) in [7, 11) is 0. The summed E-state index contributed by atoms with van der Waals surface area (Å²) < 4.78 is 0. The highest BCUT2D eigenvalue weighted by atomic mass is 35.5. The molecule has 0 aliphatic carbocycles. The maximum atomic E-state index is 10.2. The molecule has 4 heteroatoms. The van der Waals surface area contributed by atoms with Gasteiger partial charge in [-0.05, 0) is 24.6 Å². The lowest BCUT2D eigenvalue weighted by Gasteiger charge is -2.05. The molecule has 1 aromatic carbocycles. The number of rotatable bonds is 3. The Morgan fingerprint density at radius 2 is 2.29 bits per heavy atom. The molecule has 0 amide bonds. The summed E-state index contributed by atoms with van der Waals surface area (Å²) >= 11 is 5.87. The van der Waals surface area contributed by atoms with Crippen LogP contribution in [0.5, 0.6) is 0 Å². The van der Waals surface area contributed by atoms with Gasteiger partial charge in [-0.25, -0.2) is 4.79 Å². The molecule has 0 fully saturated rings. The fraction of sp³-hybridized carbons (Fsp3) is 0.100. The Hall–Kier alpha value is -1.48. The first kappa shape index (κ1) is 10.6. The van der Waals surface area contributed by atoms with Crippen LogP contribution < -0.4 is 5.32 Å². The predicted molar refractivity (Wildman–Crippen MR) is 56.6 cm³/mol. The number of anilines is 1. The standard InChI is InChI=1S/C10H10ClNO2/c1-7-8(11)3-2-4-9(7)12-6-5-10(13)14/h2-6,12H,1H3,(H,13,14)/b6-5+. The molecule has 0 bridgehead atoms. The van der Waals surface area contributed by atoms with Gasteiger partial charge in [0.1, 0.15) is 0 Å². The Morgan fingerprint density at radius 3 is 2.93 bits per heavy atom. The van der Waals surface area contributed by atoms with Crippen molar-refractivity contribution in [2.75, 3.05) is 5.32 Å². The highest BCUT2D eigenvalue weighted by Gasteiger charge is 1.99. The minimum atomic E-state index is -0.989. The zero-order valence-electron chi connectivity index (χ0n) is 7.62. The van der Waals surface area contributed by atoms with E-state index in [0.29, 0.717) is 5.02 Å². The van der Waals surface area contributed by atoms with E-state index in [1.165, 1.54) is 6.20 Å². The quantitative estimate of drug-likeness (QED) is 0.756. The Labute approximate surface area is 87.0 Å². The van der Waals surface area contributed by atoms with E-state index in [-0.39, 0.29) is 0 Å². The molecule has 0 saturated heterocycles. The van der Waals surface area contributed by atoms with Crippen LogP contribution in [0.3, 0.4) is 0 Å². The molecule has 0 aliphatic heterocycles. The number of carboxylic acid groups (broad SMARTS) is 1. The van der Waals surface area contributed by atoms with Gasteiger partial charge in [-0.15, -0.1) is 0 Å². The Bertz CT molecular complexity index is 374. The van der Waals surface area contributed by atoms with Gasteiger partial charge in [-0.2, -0.15) is 0 Å². The lowest BCUT2D eigenvalue weighted by Crippen LogP contribution is -1.94. The third-order valence-electron chi connectivity index (χ3n) is 1.73. The highest BCUT2D eigenvalue weighted by Crippen LogP contribution is 2.22. The van der Waals surface area contributed by atoms with E-state index in [9.17, 15) is 4.79 Å². The second-order valence-electron chi connectivity index (χ2n) is 2.73. The number of carbonyl (C=O) groups is 1. The molecular formula is C10H10ClNO2. The number of benzene rings is 1. The van der Waals surface area contributed by atoms with Gasteiger partial charge >= 0.3 is 5.97 Å². The number of aliphatic carboxylic acids is 1. The highest BCUT2D eigenvalue weighted by molar-refractivity contribution is 6.31. The molecule has 0 aliphatic rings. The maximum absolute atomic E-state index is 10.2. The molecule has 0 spiro atoms. The number of nitrogens with one attached hydrogen (secondary N) is 1. The summed E-state index contributed by atoms with van der Waals surface area (Å²) in [5.74, 6) is -0.989. The molecule has 74 valence electrons. The van der Waals surface area contributed by atoms with Crippen molar-refractivity contribution >= 4 is 23.3 Å². The smallest absolute Gasteiger partial charge is 0.329 e. The second kappa shape index (κ2) is 4.67. The zero-order chi connectivity index (χ0) is 10.6. The summed E-state index contributed by atoms with van der Waals surface area (Å²) in [5, 5.41) is 11.9. The average molecular weight is 212 g/mol. The third-order valence-corrected chi connectivity index (χ3v) is 2.14. The van der Waals surface area contributed by atoms with Crippen molar-refractivity contribution in [1.82, 2.24) is 0 Å². The zero-order valence-corrected chi connectivity index (χ0v) is 8.38. The van der Waals surface area contributed by atoms with Crippen molar-refractivity contribution in [1.29, 1.82) is 0 Å². The van der Waals surface area contributed by atoms with Crippen LogP contribution in [-0.2, 0) is 4.79 Å². The molecule has 0 unspecified atom stereocenters. The van der Waals surface area contributed by atoms with E-state index in [0.717, 1.165) is 17.3 Å². The first-order valence-corrected chi connectivity index (χ1v) is 4.40. The Morgan fingerprint density at radius 1 is 1.57 bits per heavy atom. The van der Waals surface area contributed by atoms with E-state index < -0.39 is 5.97 Å². The number of carboxylic acids is 1. The van der Waals surface area contributed by atoms with Crippen molar-refractivity contribution < 1.29 is 9.90 Å². The molecule has 0 atom stereocenters. The lowest BCUT2D eigenvalue weighted by molar-refractivity contribution is -0.131. The molecule has 1 rings (SSSR count). The molecule has 2 N–H and O–H groups in total. The van der Waals surface area contributed by atoms with E-state index in [1.54, 1.807) is 12.1 Å². The molecule has 1 aromatic rings. The van der Waals surface area contributed by atoms with E-state index in [1.807, 2.05) is 13.0 Å². The molecule has 14 heavy (non-hydrogen) atoms. The largest absolute Gasteiger partial charge is 0.478 e. The minimum Gasteiger partial charge on any atom is -0.478 e. The summed E-state index contributed by atoms with van der Waals surface area (Å²) in [5.41, 5.74) is 1.69. The number of hydrogen-bond donors (Lipinski definition) is 2. The molecule has 0 aromatic heterocycles. The van der Waals surface area contributed by atoms with Crippen molar-refractivity contribution in [3.63, 3.8) is 0 Å². The monoisotopic (exact) mass is 211 g/mol. The van der Waals surface area contributed by atoms with Gasteiger partial charge in [0.25, 0.3) is 0 Å². The lowest BCUT2D eigenvalue weighted by atomic mass is 10.2. The van der Waals surface area contributed by atoms with Crippen LogP contribution in [0.25, 0.3) is 0 Å². The summed E-state index contributed by atoms with van der Waals surface area (Å²) in [4.78, 5) is 10.2. The topological polar surface area (TPSA) is 49.3 Å². The maximum Gasteiger partial charge on any atom is 0.329 e. The normalized spacial score (nSPS) is 10.4. The summed E-state index contributed by atoms with van der Waals surface area (Å²) in [6.45, 7) is 1.86. The minimum absolute atomic E-state index is 0.652. The van der Waals surface area contributed by atoms with Crippen LogP contribution in [0.2, 0.25) is 5.02 Å². The number of halogens is 1. The van der Waals surface area contributed by atoms with Crippen LogP contribution >= 0.6 is 11.6 Å². The molecule has 0 saturated carbocycles. The summed E-state index contributed by atoms with van der Waals surface area (Å²) in [6.07, 6.45) is 2.39. The van der Waals surface area contributed by atoms with Crippen molar-refractivity contribution in [2.24, 2.45) is 0 Å².